The number of benzene rings is 2. The molecule has 2 aromatic carbocycles. The summed E-state index contributed by atoms with van der Waals surface area (Å²) in [7, 11) is 0. The van der Waals surface area contributed by atoms with E-state index in [2.05, 4.69) is 5.32 Å². The van der Waals surface area contributed by atoms with Gasteiger partial charge in [0.1, 0.15) is 12.1 Å². The molecule has 26 heavy (non-hydrogen) atoms. The Morgan fingerprint density at radius 1 is 1.08 bits per heavy atom. The molecule has 2 heterocycles. The zero-order valence-corrected chi connectivity index (χ0v) is 14.4. The van der Waals surface area contributed by atoms with Gasteiger partial charge in [-0.05, 0) is 30.5 Å². The van der Waals surface area contributed by atoms with E-state index in [0.29, 0.717) is 12.1 Å². The number of amides is 4. The molecule has 6 nitrogen and oxygen atoms in total. The zero-order valence-electron chi connectivity index (χ0n) is 14.4. The standard InChI is InChI=1S/C20H19N3O3/c1-20(15-8-3-2-4-9-15)18(25)23(19(26)21-20)13-17(24)22-12-11-14-7-5-6-10-16(14)22/h2-10H,11-13H2,1H3,(H,21,26)/t20-/m1/s1. The Kier molecular flexibility index (Phi) is 3.76. The van der Waals surface area contributed by atoms with E-state index >= 15 is 0 Å². The lowest BCUT2D eigenvalue weighted by atomic mass is 9.92. The molecular weight excluding hydrogens is 330 g/mol. The van der Waals surface area contributed by atoms with Gasteiger partial charge in [-0.15, -0.1) is 0 Å². The van der Waals surface area contributed by atoms with Gasteiger partial charge in [0.2, 0.25) is 5.91 Å². The maximum absolute atomic E-state index is 12.9. The molecule has 4 rings (SSSR count). The molecule has 0 aliphatic carbocycles. The van der Waals surface area contributed by atoms with Crippen LogP contribution in [0.4, 0.5) is 10.5 Å². The minimum absolute atomic E-state index is 0.254. The van der Waals surface area contributed by atoms with Gasteiger partial charge in [-0.2, -0.15) is 0 Å². The summed E-state index contributed by atoms with van der Waals surface area (Å²) in [6.07, 6.45) is 0.782. The third kappa shape index (κ3) is 2.45. The molecule has 132 valence electrons. The Morgan fingerprint density at radius 3 is 2.54 bits per heavy atom. The number of imide groups is 1. The van der Waals surface area contributed by atoms with Crippen LogP contribution in [0, 0.1) is 0 Å². The van der Waals surface area contributed by atoms with Gasteiger partial charge in [0.15, 0.2) is 0 Å². The minimum Gasteiger partial charge on any atom is -0.319 e. The second-order valence-electron chi connectivity index (χ2n) is 6.74. The molecule has 6 heteroatoms. The van der Waals surface area contributed by atoms with Crippen LogP contribution in [0.15, 0.2) is 54.6 Å². The highest BCUT2D eigenvalue weighted by atomic mass is 16.2. The largest absolute Gasteiger partial charge is 0.325 e. The average Bonchev–Trinajstić information content (AvgIpc) is 3.18. The van der Waals surface area contributed by atoms with E-state index in [1.165, 1.54) is 0 Å². The van der Waals surface area contributed by atoms with E-state index in [1.54, 1.807) is 24.0 Å². The number of nitrogens with zero attached hydrogens (tertiary/aromatic N) is 2. The van der Waals surface area contributed by atoms with Gasteiger partial charge in [-0.25, -0.2) is 4.79 Å². The molecule has 2 aliphatic heterocycles. The molecule has 1 atom stereocenters. The van der Waals surface area contributed by atoms with Crippen LogP contribution in [-0.2, 0) is 21.5 Å². The molecule has 4 amide bonds. The number of nitrogens with one attached hydrogen (secondary N) is 1. The van der Waals surface area contributed by atoms with Crippen LogP contribution in [0.2, 0.25) is 0 Å². The van der Waals surface area contributed by atoms with E-state index < -0.39 is 17.5 Å². The molecule has 1 fully saturated rings. The van der Waals surface area contributed by atoms with Crippen molar-refractivity contribution >= 4 is 23.5 Å². The Balaban J connectivity index is 1.55. The van der Waals surface area contributed by atoms with Crippen molar-refractivity contribution in [3.05, 3.63) is 65.7 Å². The fourth-order valence-corrected chi connectivity index (χ4v) is 3.63. The molecule has 2 aliphatic rings. The van der Waals surface area contributed by atoms with Crippen molar-refractivity contribution in [3.63, 3.8) is 0 Å². The predicted octanol–water partition coefficient (Wildman–Crippen LogP) is 2.04. The third-order valence-electron chi connectivity index (χ3n) is 5.11. The molecular formula is C20H19N3O3. The van der Waals surface area contributed by atoms with Crippen LogP contribution in [0.5, 0.6) is 0 Å². The second kappa shape index (κ2) is 5.98. The summed E-state index contributed by atoms with van der Waals surface area (Å²) in [5.74, 6) is -0.662. The molecule has 1 N–H and O–H groups in total. The van der Waals surface area contributed by atoms with Crippen LogP contribution in [0.25, 0.3) is 0 Å². The van der Waals surface area contributed by atoms with Gasteiger partial charge in [0.05, 0.1) is 0 Å². The number of carbonyl (C=O) groups excluding carboxylic acids is 3. The minimum atomic E-state index is -1.15. The summed E-state index contributed by atoms with van der Waals surface area (Å²) in [4.78, 5) is 40.7. The topological polar surface area (TPSA) is 69.7 Å². The van der Waals surface area contributed by atoms with E-state index in [9.17, 15) is 14.4 Å². The highest BCUT2D eigenvalue weighted by Crippen LogP contribution is 2.30. The first-order valence-corrected chi connectivity index (χ1v) is 8.58. The van der Waals surface area contributed by atoms with Crippen molar-refractivity contribution in [2.24, 2.45) is 0 Å². The number of hydrogen-bond acceptors (Lipinski definition) is 3. The molecule has 0 saturated carbocycles. The highest BCUT2D eigenvalue weighted by molar-refractivity contribution is 6.10. The summed E-state index contributed by atoms with van der Waals surface area (Å²) < 4.78 is 0. The number of carbonyl (C=O) groups is 3. The smallest absolute Gasteiger partial charge is 0.319 e. The fourth-order valence-electron chi connectivity index (χ4n) is 3.63. The Labute approximate surface area is 151 Å². The van der Waals surface area contributed by atoms with Crippen molar-refractivity contribution in [1.29, 1.82) is 0 Å². The van der Waals surface area contributed by atoms with Gasteiger partial charge in [-0.3, -0.25) is 14.5 Å². The number of urea groups is 1. The Morgan fingerprint density at radius 2 is 1.77 bits per heavy atom. The third-order valence-corrected chi connectivity index (χ3v) is 5.11. The van der Waals surface area contributed by atoms with Crippen LogP contribution >= 0.6 is 0 Å². The van der Waals surface area contributed by atoms with Crippen LogP contribution in [0.1, 0.15) is 18.1 Å². The Hall–Kier alpha value is -3.15. The molecule has 0 radical (unpaired) electrons. The monoisotopic (exact) mass is 349 g/mol. The van der Waals surface area contributed by atoms with Gasteiger partial charge >= 0.3 is 6.03 Å². The normalized spacial score (nSPS) is 21.7. The Bertz CT molecular complexity index is 896. The number of rotatable bonds is 3. The van der Waals surface area contributed by atoms with Gasteiger partial charge in [0, 0.05) is 12.2 Å². The first-order valence-electron chi connectivity index (χ1n) is 8.58. The van der Waals surface area contributed by atoms with Crippen LogP contribution in [-0.4, -0.2) is 35.8 Å². The van der Waals surface area contributed by atoms with Crippen LogP contribution < -0.4 is 10.2 Å². The summed E-state index contributed by atoms with van der Waals surface area (Å²) >= 11 is 0. The average molecular weight is 349 g/mol. The molecule has 1 saturated heterocycles. The number of anilines is 1. The summed E-state index contributed by atoms with van der Waals surface area (Å²) in [6, 6.07) is 16.2. The van der Waals surface area contributed by atoms with Crippen molar-refractivity contribution in [2.75, 3.05) is 18.0 Å². The lowest BCUT2D eigenvalue weighted by Crippen LogP contribution is -2.44. The maximum Gasteiger partial charge on any atom is 0.325 e. The van der Waals surface area contributed by atoms with E-state index in [4.69, 9.17) is 0 Å². The first kappa shape index (κ1) is 16.3. The van der Waals surface area contributed by atoms with Gasteiger partial charge < -0.3 is 10.2 Å². The molecule has 0 spiro atoms. The van der Waals surface area contributed by atoms with E-state index in [-0.39, 0.29) is 12.5 Å². The van der Waals surface area contributed by atoms with E-state index in [1.807, 2.05) is 42.5 Å². The molecule has 0 aromatic heterocycles. The van der Waals surface area contributed by atoms with Crippen molar-refractivity contribution in [2.45, 2.75) is 18.9 Å². The number of hydrogen-bond donors (Lipinski definition) is 1. The molecule has 0 unspecified atom stereocenters. The summed E-state index contributed by atoms with van der Waals surface area (Å²) in [5, 5.41) is 2.73. The van der Waals surface area contributed by atoms with Crippen LogP contribution in [0.3, 0.4) is 0 Å². The van der Waals surface area contributed by atoms with Gasteiger partial charge in [-0.1, -0.05) is 48.5 Å². The quantitative estimate of drug-likeness (QED) is 0.862. The lowest BCUT2D eigenvalue weighted by molar-refractivity contribution is -0.134. The fraction of sp³-hybridized carbons (Fsp3) is 0.250. The summed E-state index contributed by atoms with van der Waals surface area (Å²) in [6.45, 7) is 1.97. The molecule has 2 aromatic rings. The zero-order chi connectivity index (χ0) is 18.3. The number of para-hydroxylation sites is 1. The first-order chi connectivity index (χ1) is 12.5. The SMILES string of the molecule is C[C@]1(c2ccccc2)NC(=O)N(CC(=O)N2CCc3ccccc32)C1=O. The van der Waals surface area contributed by atoms with Gasteiger partial charge in [0.25, 0.3) is 5.91 Å². The lowest BCUT2D eigenvalue weighted by Gasteiger charge is -2.23. The van der Waals surface area contributed by atoms with Crippen molar-refractivity contribution < 1.29 is 14.4 Å². The number of fused-ring (bicyclic) bond motifs is 1. The summed E-state index contributed by atoms with van der Waals surface area (Å²) in [5.41, 5.74) is 1.50. The highest BCUT2D eigenvalue weighted by Gasteiger charge is 2.49. The maximum atomic E-state index is 12.9. The predicted molar refractivity (Wildman–Crippen MR) is 96.5 cm³/mol. The molecule has 0 bridgehead atoms. The van der Waals surface area contributed by atoms with E-state index in [0.717, 1.165) is 22.6 Å². The van der Waals surface area contributed by atoms with Crippen molar-refractivity contribution in [3.8, 4) is 0 Å². The second-order valence-corrected chi connectivity index (χ2v) is 6.74. The van der Waals surface area contributed by atoms with Crippen molar-refractivity contribution in [1.82, 2.24) is 10.2 Å².